The molecule has 0 spiro atoms. The molecule has 0 aliphatic carbocycles. The number of hydrogen-bond donors (Lipinski definition) is 1. The summed E-state index contributed by atoms with van der Waals surface area (Å²) in [5.74, 6) is -1.15. The molecule has 0 atom stereocenters. The third kappa shape index (κ3) is 3.61. The van der Waals surface area contributed by atoms with Gasteiger partial charge in [0.25, 0.3) is 10.0 Å². The molecule has 26 heavy (non-hydrogen) atoms. The van der Waals surface area contributed by atoms with Crippen molar-refractivity contribution in [3.63, 3.8) is 0 Å². The molecular weight excluding hydrogens is 392 g/mol. The van der Waals surface area contributed by atoms with Crippen LogP contribution in [0.1, 0.15) is 22.8 Å². The fraction of sp³-hybridized carbons (Fsp3) is 0.176. The highest BCUT2D eigenvalue weighted by Gasteiger charge is 2.27. The van der Waals surface area contributed by atoms with Gasteiger partial charge >= 0.3 is 5.97 Å². The van der Waals surface area contributed by atoms with Crippen LogP contribution in [0.5, 0.6) is 0 Å². The number of carbonyl (C=O) groups is 1. The summed E-state index contributed by atoms with van der Waals surface area (Å²) in [7, 11) is -3.86. The fourth-order valence-electron chi connectivity index (χ4n) is 2.37. The molecule has 0 saturated carbocycles. The standard InChI is InChI=1S/C17H16N2O4S3/c1-3-19(25-17-18-14-6-4-5-7-15(14)24-17)26(22,23)12-9-8-11(2)13(10-12)16(20)21/h4-10H,3H2,1-2H3,(H,20,21). The molecule has 0 aliphatic heterocycles. The van der Waals surface area contributed by atoms with Gasteiger partial charge in [0.1, 0.15) is 0 Å². The zero-order valence-electron chi connectivity index (χ0n) is 14.0. The van der Waals surface area contributed by atoms with Crippen LogP contribution < -0.4 is 0 Å². The van der Waals surface area contributed by atoms with Gasteiger partial charge in [-0.25, -0.2) is 18.2 Å². The molecule has 1 N–H and O–H groups in total. The Morgan fingerprint density at radius 1 is 1.27 bits per heavy atom. The third-order valence-corrected chi connectivity index (χ3v) is 8.19. The first kappa shape index (κ1) is 18.8. The van der Waals surface area contributed by atoms with Crippen molar-refractivity contribution in [2.45, 2.75) is 23.1 Å². The second-order valence-corrected chi connectivity index (χ2v) is 9.84. The van der Waals surface area contributed by atoms with Gasteiger partial charge < -0.3 is 5.11 Å². The van der Waals surface area contributed by atoms with Gasteiger partial charge in [-0.1, -0.05) is 25.1 Å². The number of aromatic nitrogens is 1. The van der Waals surface area contributed by atoms with E-state index in [0.717, 1.165) is 22.2 Å². The maximum atomic E-state index is 13.0. The first-order valence-electron chi connectivity index (χ1n) is 7.73. The van der Waals surface area contributed by atoms with Crippen LogP contribution in [0.3, 0.4) is 0 Å². The van der Waals surface area contributed by atoms with E-state index in [0.29, 0.717) is 9.90 Å². The number of rotatable bonds is 6. The van der Waals surface area contributed by atoms with E-state index >= 15 is 0 Å². The maximum Gasteiger partial charge on any atom is 0.335 e. The minimum absolute atomic E-state index is 0.0212. The van der Waals surface area contributed by atoms with Crippen molar-refractivity contribution in [2.24, 2.45) is 0 Å². The Hall–Kier alpha value is -1.94. The van der Waals surface area contributed by atoms with Crippen LogP contribution >= 0.6 is 23.3 Å². The van der Waals surface area contributed by atoms with Crippen molar-refractivity contribution >= 4 is 49.5 Å². The minimum atomic E-state index is -3.86. The number of thiazole rings is 1. The van der Waals surface area contributed by atoms with Gasteiger partial charge in [-0.2, -0.15) is 0 Å². The molecule has 6 nitrogen and oxygen atoms in total. The zero-order valence-corrected chi connectivity index (χ0v) is 16.5. The summed E-state index contributed by atoms with van der Waals surface area (Å²) in [6.07, 6.45) is 0. The highest BCUT2D eigenvalue weighted by atomic mass is 32.3. The van der Waals surface area contributed by atoms with E-state index in [2.05, 4.69) is 4.98 Å². The first-order chi connectivity index (χ1) is 12.3. The lowest BCUT2D eigenvalue weighted by Crippen LogP contribution is -2.24. The predicted molar refractivity (Wildman–Crippen MR) is 103 cm³/mol. The number of para-hydroxylation sites is 1. The quantitative estimate of drug-likeness (QED) is 0.620. The summed E-state index contributed by atoms with van der Waals surface area (Å²) in [5, 5.41) is 9.25. The number of carboxylic acid groups (broad SMARTS) is 1. The van der Waals surface area contributed by atoms with Crippen LogP contribution in [-0.2, 0) is 10.0 Å². The van der Waals surface area contributed by atoms with Gasteiger partial charge in [-0.05, 0) is 36.8 Å². The number of benzene rings is 2. The van der Waals surface area contributed by atoms with Crippen LogP contribution in [0, 0.1) is 6.92 Å². The Morgan fingerprint density at radius 3 is 2.65 bits per heavy atom. The Labute approximate surface area is 159 Å². The molecule has 1 heterocycles. The molecule has 9 heteroatoms. The predicted octanol–water partition coefficient (Wildman–Crippen LogP) is 4.02. The molecule has 0 unspecified atom stereocenters. The maximum absolute atomic E-state index is 13.0. The fourth-order valence-corrected chi connectivity index (χ4v) is 6.28. The summed E-state index contributed by atoms with van der Waals surface area (Å²) in [6, 6.07) is 11.7. The van der Waals surface area contributed by atoms with Gasteiger partial charge in [0, 0.05) is 18.5 Å². The number of sulfonamides is 1. The van der Waals surface area contributed by atoms with Crippen LogP contribution in [-0.4, -0.2) is 34.7 Å². The van der Waals surface area contributed by atoms with E-state index in [9.17, 15) is 18.3 Å². The van der Waals surface area contributed by atoms with E-state index in [1.165, 1.54) is 33.2 Å². The number of hydrogen-bond acceptors (Lipinski definition) is 6. The molecule has 3 rings (SSSR count). The molecule has 0 amide bonds. The largest absolute Gasteiger partial charge is 0.478 e. The molecular formula is C17H16N2O4S3. The zero-order chi connectivity index (χ0) is 18.9. The lowest BCUT2D eigenvalue weighted by Gasteiger charge is -2.18. The average Bonchev–Trinajstić information content (AvgIpc) is 3.02. The summed E-state index contributed by atoms with van der Waals surface area (Å²) in [6.45, 7) is 3.58. The van der Waals surface area contributed by atoms with Crippen LogP contribution in [0.4, 0.5) is 0 Å². The van der Waals surface area contributed by atoms with Crippen LogP contribution in [0.25, 0.3) is 10.2 Å². The number of fused-ring (bicyclic) bond motifs is 1. The van der Waals surface area contributed by atoms with Crippen molar-refractivity contribution in [1.82, 2.24) is 8.69 Å². The molecule has 0 radical (unpaired) electrons. The second kappa shape index (κ2) is 7.36. The lowest BCUT2D eigenvalue weighted by molar-refractivity contribution is 0.0696. The highest BCUT2D eigenvalue weighted by Crippen LogP contribution is 2.34. The molecule has 2 aromatic carbocycles. The summed E-state index contributed by atoms with van der Waals surface area (Å²) in [5.41, 5.74) is 1.31. The van der Waals surface area contributed by atoms with Crippen LogP contribution in [0.2, 0.25) is 0 Å². The Bertz CT molecular complexity index is 1040. The van der Waals surface area contributed by atoms with Crippen LogP contribution in [0.15, 0.2) is 51.7 Å². The van der Waals surface area contributed by atoms with Gasteiger partial charge in [-0.15, -0.1) is 15.0 Å². The van der Waals surface area contributed by atoms with Gasteiger partial charge in [0.05, 0.1) is 20.7 Å². The van der Waals surface area contributed by atoms with E-state index in [4.69, 9.17) is 0 Å². The van der Waals surface area contributed by atoms with Gasteiger partial charge in [0.2, 0.25) is 0 Å². The molecule has 136 valence electrons. The molecule has 0 fully saturated rings. The molecule has 1 aromatic heterocycles. The third-order valence-electron chi connectivity index (χ3n) is 3.72. The molecule has 0 saturated heterocycles. The second-order valence-electron chi connectivity index (χ2n) is 5.44. The smallest absolute Gasteiger partial charge is 0.335 e. The van der Waals surface area contributed by atoms with Crippen molar-refractivity contribution in [3.05, 3.63) is 53.6 Å². The highest BCUT2D eigenvalue weighted by molar-refractivity contribution is 8.09. The van der Waals surface area contributed by atoms with Crippen molar-refractivity contribution in [3.8, 4) is 0 Å². The van der Waals surface area contributed by atoms with E-state index in [-0.39, 0.29) is 17.0 Å². The van der Waals surface area contributed by atoms with Crippen molar-refractivity contribution in [2.75, 3.05) is 6.54 Å². The van der Waals surface area contributed by atoms with E-state index in [1.807, 2.05) is 24.3 Å². The number of aryl methyl sites for hydroxylation is 1. The summed E-state index contributed by atoms with van der Waals surface area (Å²) in [4.78, 5) is 15.7. The first-order valence-corrected chi connectivity index (χ1v) is 10.8. The van der Waals surface area contributed by atoms with Gasteiger partial charge in [0.15, 0.2) is 4.34 Å². The Morgan fingerprint density at radius 2 is 2.00 bits per heavy atom. The minimum Gasteiger partial charge on any atom is -0.478 e. The Kier molecular flexibility index (Phi) is 5.33. The number of aromatic carboxylic acids is 1. The van der Waals surface area contributed by atoms with Crippen molar-refractivity contribution < 1.29 is 18.3 Å². The SMILES string of the molecule is CCN(Sc1nc2ccccc2s1)S(=O)(=O)c1ccc(C)c(C(=O)O)c1. The normalized spacial score (nSPS) is 12.0. The van der Waals surface area contributed by atoms with Crippen molar-refractivity contribution in [1.29, 1.82) is 0 Å². The topological polar surface area (TPSA) is 87.6 Å². The van der Waals surface area contributed by atoms with E-state index < -0.39 is 16.0 Å². The molecule has 0 aliphatic rings. The summed E-state index contributed by atoms with van der Waals surface area (Å²) >= 11 is 2.45. The summed E-state index contributed by atoms with van der Waals surface area (Å²) < 4.78 is 28.7. The number of carboxylic acids is 1. The van der Waals surface area contributed by atoms with E-state index in [1.54, 1.807) is 13.8 Å². The monoisotopic (exact) mass is 408 g/mol. The Balaban J connectivity index is 1.95. The lowest BCUT2D eigenvalue weighted by atomic mass is 10.1. The number of nitrogens with zero attached hydrogens (tertiary/aromatic N) is 2. The van der Waals surface area contributed by atoms with Gasteiger partial charge in [-0.3, -0.25) is 0 Å². The average molecular weight is 409 g/mol. The molecule has 3 aromatic rings. The molecule has 0 bridgehead atoms.